The van der Waals surface area contributed by atoms with Crippen molar-refractivity contribution in [1.29, 1.82) is 0 Å². The fourth-order valence-corrected chi connectivity index (χ4v) is 2.46. The molecule has 0 fully saturated rings. The Kier molecular flexibility index (Phi) is 3.28. The SMILES string of the molecule is NC(=O)[C@H]1C=Cc2ccccc2N1C(=O)c1ccccc1. The van der Waals surface area contributed by atoms with E-state index in [1.54, 1.807) is 30.3 Å². The number of benzene rings is 2. The number of anilines is 1. The van der Waals surface area contributed by atoms with Gasteiger partial charge in [-0.05, 0) is 23.8 Å². The predicted octanol–water partition coefficient (Wildman–Crippen LogP) is 2.21. The minimum Gasteiger partial charge on any atom is -0.368 e. The highest BCUT2D eigenvalue weighted by atomic mass is 16.2. The van der Waals surface area contributed by atoms with Gasteiger partial charge in [0.25, 0.3) is 5.91 Å². The highest BCUT2D eigenvalue weighted by molar-refractivity contribution is 6.12. The van der Waals surface area contributed by atoms with Gasteiger partial charge in [0, 0.05) is 5.56 Å². The lowest BCUT2D eigenvalue weighted by molar-refractivity contribution is -0.118. The molecule has 104 valence electrons. The molecule has 4 nitrogen and oxygen atoms in total. The molecule has 0 radical (unpaired) electrons. The van der Waals surface area contributed by atoms with Crippen molar-refractivity contribution in [2.24, 2.45) is 5.73 Å². The van der Waals surface area contributed by atoms with Gasteiger partial charge >= 0.3 is 0 Å². The lowest BCUT2D eigenvalue weighted by Crippen LogP contribution is -2.48. The Morgan fingerprint density at radius 3 is 2.33 bits per heavy atom. The zero-order chi connectivity index (χ0) is 14.8. The molecule has 4 heteroatoms. The van der Waals surface area contributed by atoms with Gasteiger partial charge in [0.15, 0.2) is 0 Å². The quantitative estimate of drug-likeness (QED) is 0.915. The first kappa shape index (κ1) is 13.1. The second-order valence-corrected chi connectivity index (χ2v) is 4.81. The van der Waals surface area contributed by atoms with Crippen LogP contribution in [0.5, 0.6) is 0 Å². The Hall–Kier alpha value is -2.88. The van der Waals surface area contributed by atoms with E-state index in [1.807, 2.05) is 36.4 Å². The van der Waals surface area contributed by atoms with E-state index in [0.29, 0.717) is 11.3 Å². The molecule has 0 saturated heterocycles. The fraction of sp³-hybridized carbons (Fsp3) is 0.0588. The van der Waals surface area contributed by atoms with Crippen molar-refractivity contribution < 1.29 is 9.59 Å². The molecule has 1 aliphatic rings. The summed E-state index contributed by atoms with van der Waals surface area (Å²) in [7, 11) is 0. The standard InChI is InChI=1S/C17H14N2O2/c18-16(20)15-11-10-12-6-4-5-9-14(12)19(15)17(21)13-7-2-1-3-8-13/h1-11,15H,(H2,18,20)/t15-/m1/s1. The van der Waals surface area contributed by atoms with E-state index in [-0.39, 0.29) is 5.91 Å². The maximum absolute atomic E-state index is 12.8. The summed E-state index contributed by atoms with van der Waals surface area (Å²) in [6.07, 6.45) is 3.48. The van der Waals surface area contributed by atoms with Crippen LogP contribution in [0.2, 0.25) is 0 Å². The number of primary amides is 1. The zero-order valence-corrected chi connectivity index (χ0v) is 11.3. The van der Waals surface area contributed by atoms with Crippen LogP contribution in [-0.2, 0) is 4.79 Å². The lowest BCUT2D eigenvalue weighted by Gasteiger charge is -2.32. The number of nitrogens with two attached hydrogens (primary N) is 1. The molecule has 1 heterocycles. The number of fused-ring (bicyclic) bond motifs is 1. The topological polar surface area (TPSA) is 63.4 Å². The summed E-state index contributed by atoms with van der Waals surface area (Å²) in [6.45, 7) is 0. The van der Waals surface area contributed by atoms with E-state index in [4.69, 9.17) is 5.73 Å². The Morgan fingerprint density at radius 2 is 1.62 bits per heavy atom. The van der Waals surface area contributed by atoms with E-state index in [9.17, 15) is 9.59 Å². The number of para-hydroxylation sites is 1. The molecule has 2 aromatic carbocycles. The highest BCUT2D eigenvalue weighted by Crippen LogP contribution is 2.30. The molecule has 0 unspecified atom stereocenters. The van der Waals surface area contributed by atoms with Crippen molar-refractivity contribution in [3.05, 3.63) is 71.8 Å². The van der Waals surface area contributed by atoms with E-state index in [0.717, 1.165) is 5.56 Å². The first-order valence-corrected chi connectivity index (χ1v) is 6.63. The normalized spacial score (nSPS) is 16.4. The molecule has 0 aromatic heterocycles. The molecule has 2 N–H and O–H groups in total. The van der Waals surface area contributed by atoms with Gasteiger partial charge in [0.05, 0.1) is 5.69 Å². The Bertz CT molecular complexity index is 723. The third-order valence-electron chi connectivity index (χ3n) is 3.46. The average molecular weight is 278 g/mol. The summed E-state index contributed by atoms with van der Waals surface area (Å²) in [5.74, 6) is -0.791. The zero-order valence-electron chi connectivity index (χ0n) is 11.3. The Balaban J connectivity index is 2.10. The lowest BCUT2D eigenvalue weighted by atomic mass is 10.0. The van der Waals surface area contributed by atoms with Gasteiger partial charge in [-0.25, -0.2) is 0 Å². The van der Waals surface area contributed by atoms with Crippen LogP contribution in [0, 0.1) is 0 Å². The summed E-state index contributed by atoms with van der Waals surface area (Å²) in [6, 6.07) is 15.5. The van der Waals surface area contributed by atoms with Crippen LogP contribution in [0.1, 0.15) is 15.9 Å². The number of carbonyl (C=O) groups excluding carboxylic acids is 2. The minimum atomic E-state index is -0.771. The van der Waals surface area contributed by atoms with Crippen molar-refractivity contribution in [2.45, 2.75) is 6.04 Å². The third kappa shape index (κ3) is 2.31. The van der Waals surface area contributed by atoms with Gasteiger partial charge in [-0.1, -0.05) is 48.6 Å². The first-order valence-electron chi connectivity index (χ1n) is 6.63. The van der Waals surface area contributed by atoms with Crippen molar-refractivity contribution >= 4 is 23.6 Å². The largest absolute Gasteiger partial charge is 0.368 e. The van der Waals surface area contributed by atoms with Crippen LogP contribution in [0.15, 0.2) is 60.7 Å². The minimum absolute atomic E-state index is 0.240. The van der Waals surface area contributed by atoms with Crippen molar-refractivity contribution in [3.8, 4) is 0 Å². The highest BCUT2D eigenvalue weighted by Gasteiger charge is 2.31. The van der Waals surface area contributed by atoms with Gasteiger partial charge in [-0.15, -0.1) is 0 Å². The maximum atomic E-state index is 12.8. The van der Waals surface area contributed by atoms with Crippen molar-refractivity contribution in [2.75, 3.05) is 4.90 Å². The smallest absolute Gasteiger partial charge is 0.259 e. The summed E-state index contributed by atoms with van der Waals surface area (Å²) >= 11 is 0. The summed E-state index contributed by atoms with van der Waals surface area (Å²) < 4.78 is 0. The summed E-state index contributed by atoms with van der Waals surface area (Å²) in [5.41, 5.74) is 7.55. The van der Waals surface area contributed by atoms with Crippen LogP contribution in [0.4, 0.5) is 5.69 Å². The first-order chi connectivity index (χ1) is 10.2. The Labute approximate surface area is 122 Å². The van der Waals surface area contributed by atoms with Gasteiger partial charge in [0.2, 0.25) is 5.91 Å². The Morgan fingerprint density at radius 1 is 0.952 bits per heavy atom. The molecule has 1 atom stereocenters. The molecule has 2 amide bonds. The van der Waals surface area contributed by atoms with E-state index in [2.05, 4.69) is 0 Å². The number of nitrogens with zero attached hydrogens (tertiary/aromatic N) is 1. The second kappa shape index (κ2) is 5.25. The number of hydrogen-bond donors (Lipinski definition) is 1. The van der Waals surface area contributed by atoms with E-state index >= 15 is 0 Å². The van der Waals surface area contributed by atoms with Crippen LogP contribution in [0.3, 0.4) is 0 Å². The van der Waals surface area contributed by atoms with Crippen LogP contribution < -0.4 is 10.6 Å². The third-order valence-corrected chi connectivity index (χ3v) is 3.46. The fourth-order valence-electron chi connectivity index (χ4n) is 2.46. The second-order valence-electron chi connectivity index (χ2n) is 4.81. The molecule has 0 spiro atoms. The van der Waals surface area contributed by atoms with Gasteiger partial charge < -0.3 is 5.73 Å². The molecular weight excluding hydrogens is 264 g/mol. The van der Waals surface area contributed by atoms with Crippen LogP contribution in [-0.4, -0.2) is 17.9 Å². The molecule has 0 bridgehead atoms. The number of hydrogen-bond acceptors (Lipinski definition) is 2. The van der Waals surface area contributed by atoms with Crippen molar-refractivity contribution in [1.82, 2.24) is 0 Å². The molecular formula is C17H14N2O2. The van der Waals surface area contributed by atoms with E-state index < -0.39 is 11.9 Å². The number of amides is 2. The molecule has 0 aliphatic carbocycles. The molecule has 1 aliphatic heterocycles. The van der Waals surface area contributed by atoms with Gasteiger partial charge in [-0.2, -0.15) is 0 Å². The monoisotopic (exact) mass is 278 g/mol. The maximum Gasteiger partial charge on any atom is 0.259 e. The molecule has 3 rings (SSSR count). The number of carbonyl (C=O) groups is 2. The predicted molar refractivity (Wildman–Crippen MR) is 81.7 cm³/mol. The summed E-state index contributed by atoms with van der Waals surface area (Å²) in [5, 5.41) is 0. The summed E-state index contributed by atoms with van der Waals surface area (Å²) in [4.78, 5) is 25.9. The van der Waals surface area contributed by atoms with Gasteiger partial charge in [0.1, 0.15) is 6.04 Å². The van der Waals surface area contributed by atoms with Crippen molar-refractivity contribution in [3.63, 3.8) is 0 Å². The average Bonchev–Trinajstić information content (AvgIpc) is 2.53. The molecule has 0 saturated carbocycles. The molecule has 2 aromatic rings. The number of rotatable bonds is 2. The van der Waals surface area contributed by atoms with E-state index in [1.165, 1.54) is 4.90 Å². The van der Waals surface area contributed by atoms with Crippen LogP contribution in [0.25, 0.3) is 6.08 Å². The van der Waals surface area contributed by atoms with Crippen LogP contribution >= 0.6 is 0 Å². The molecule has 21 heavy (non-hydrogen) atoms. The van der Waals surface area contributed by atoms with Gasteiger partial charge in [-0.3, -0.25) is 14.5 Å².